The molecular weight excluding hydrogens is 578 g/mol. The average molecular weight is 622 g/mol. The van der Waals surface area contributed by atoms with Crippen molar-refractivity contribution in [1.82, 2.24) is 24.7 Å². The highest BCUT2D eigenvalue weighted by Gasteiger charge is 2.35. The lowest BCUT2D eigenvalue weighted by molar-refractivity contribution is 0.0220. The van der Waals surface area contributed by atoms with Gasteiger partial charge in [-0.2, -0.15) is 5.26 Å². The number of hydrogen-bond donors (Lipinski definition) is 0. The van der Waals surface area contributed by atoms with Crippen LogP contribution in [0.1, 0.15) is 56.9 Å². The van der Waals surface area contributed by atoms with Gasteiger partial charge in [-0.3, -0.25) is 0 Å². The Balaban J connectivity index is 1.35. The van der Waals surface area contributed by atoms with Gasteiger partial charge in [0.15, 0.2) is 5.16 Å². The number of amides is 2. The maximum atomic E-state index is 13.1. The first-order chi connectivity index (χ1) is 21.1. The number of nitrogens with zero attached hydrogens (tertiary/aromatic N) is 7. The molecule has 2 atom stereocenters. The minimum atomic E-state index is -0.583. The molecule has 0 radical (unpaired) electrons. The monoisotopic (exact) mass is 621 g/mol. The third-order valence-electron chi connectivity index (χ3n) is 8.30. The van der Waals surface area contributed by atoms with Crippen molar-refractivity contribution >= 4 is 29.8 Å². The molecule has 2 amide bonds. The van der Waals surface area contributed by atoms with E-state index in [2.05, 4.69) is 22.9 Å². The molecule has 2 unspecified atom stereocenters. The van der Waals surface area contributed by atoms with E-state index in [0.29, 0.717) is 50.3 Å². The Kier molecular flexibility index (Phi) is 10.2. The fraction of sp³-hybridized carbons (Fsp3) is 0.594. The van der Waals surface area contributed by atoms with Crippen LogP contribution >= 0.6 is 11.8 Å². The van der Waals surface area contributed by atoms with Crippen LogP contribution in [0.5, 0.6) is 0 Å². The Morgan fingerprint density at radius 3 is 2.57 bits per heavy atom. The molecule has 11 nitrogen and oxygen atoms in total. The van der Waals surface area contributed by atoms with Crippen LogP contribution in [0, 0.1) is 11.3 Å². The van der Waals surface area contributed by atoms with Crippen LogP contribution in [-0.2, 0) is 29.0 Å². The Morgan fingerprint density at radius 2 is 1.86 bits per heavy atom. The van der Waals surface area contributed by atoms with Crippen LogP contribution in [0.25, 0.3) is 0 Å². The fourth-order valence-corrected chi connectivity index (χ4v) is 7.02. The number of carbonyl (C=O) groups is 2. The van der Waals surface area contributed by atoms with E-state index in [9.17, 15) is 14.9 Å². The van der Waals surface area contributed by atoms with E-state index in [1.54, 1.807) is 21.6 Å². The summed E-state index contributed by atoms with van der Waals surface area (Å²) >= 11 is 1.65. The second-order valence-electron chi connectivity index (χ2n) is 12.7. The van der Waals surface area contributed by atoms with Gasteiger partial charge in [-0.1, -0.05) is 42.1 Å². The number of aromatic nitrogens is 2. The molecule has 2 fully saturated rings. The molecule has 5 rings (SSSR count). The second-order valence-corrected chi connectivity index (χ2v) is 13.7. The van der Waals surface area contributed by atoms with E-state index in [1.165, 1.54) is 6.42 Å². The van der Waals surface area contributed by atoms with E-state index < -0.39 is 11.7 Å². The molecule has 1 aromatic carbocycles. The first-order valence-electron chi connectivity index (χ1n) is 15.4. The number of thioether (sulfide) groups is 1. The zero-order valence-corrected chi connectivity index (χ0v) is 27.0. The maximum absolute atomic E-state index is 13.1. The molecular formula is C32H43N7O4S. The molecule has 0 saturated carbocycles. The summed E-state index contributed by atoms with van der Waals surface area (Å²) in [4.78, 5) is 44.0. The molecule has 3 aliphatic rings. The summed E-state index contributed by atoms with van der Waals surface area (Å²) in [7, 11) is 2.16. The Labute approximate surface area is 264 Å². The Hall–Kier alpha value is -3.56. The highest BCUT2D eigenvalue weighted by Crippen LogP contribution is 2.33. The van der Waals surface area contributed by atoms with Gasteiger partial charge in [0, 0.05) is 43.5 Å². The van der Waals surface area contributed by atoms with Crippen LogP contribution in [0.2, 0.25) is 0 Å². The quantitative estimate of drug-likeness (QED) is 0.318. The minimum absolute atomic E-state index is 0.184. The molecule has 2 aromatic rings. The molecule has 0 N–H and O–H groups in total. The van der Waals surface area contributed by atoms with Crippen LogP contribution < -0.4 is 4.90 Å². The van der Waals surface area contributed by atoms with Gasteiger partial charge in [0.25, 0.3) is 0 Å². The summed E-state index contributed by atoms with van der Waals surface area (Å²) in [5, 5.41) is 10.3. The van der Waals surface area contributed by atoms with Gasteiger partial charge in [0.05, 0.1) is 30.8 Å². The van der Waals surface area contributed by atoms with Crippen molar-refractivity contribution in [2.75, 3.05) is 50.4 Å². The normalized spacial score (nSPS) is 20.7. The van der Waals surface area contributed by atoms with E-state index >= 15 is 0 Å². The summed E-state index contributed by atoms with van der Waals surface area (Å²) in [6.45, 7) is 9.17. The highest BCUT2D eigenvalue weighted by molar-refractivity contribution is 7.99. The first-order valence-corrected chi connectivity index (χ1v) is 16.4. The molecule has 4 heterocycles. The average Bonchev–Trinajstić information content (AvgIpc) is 3.42. The van der Waals surface area contributed by atoms with E-state index in [4.69, 9.17) is 19.4 Å². The zero-order valence-electron chi connectivity index (χ0n) is 26.2. The number of benzene rings is 1. The van der Waals surface area contributed by atoms with Crippen molar-refractivity contribution in [2.45, 2.75) is 82.4 Å². The van der Waals surface area contributed by atoms with Crippen molar-refractivity contribution in [3.63, 3.8) is 0 Å². The number of anilines is 1. The number of nitriles is 1. The topological polar surface area (TPSA) is 115 Å². The fourth-order valence-electron chi connectivity index (χ4n) is 5.93. The molecule has 3 aliphatic heterocycles. The number of likely N-dealkylation sites (tertiary alicyclic amines) is 1. The molecule has 0 spiro atoms. The molecule has 12 heteroatoms. The third kappa shape index (κ3) is 7.93. The highest BCUT2D eigenvalue weighted by atomic mass is 32.2. The summed E-state index contributed by atoms with van der Waals surface area (Å²) in [6, 6.07) is 12.0. The van der Waals surface area contributed by atoms with Gasteiger partial charge < -0.3 is 29.1 Å². The molecule has 0 aliphatic carbocycles. The van der Waals surface area contributed by atoms with Crippen LogP contribution in [0.4, 0.5) is 15.4 Å². The van der Waals surface area contributed by atoms with E-state index in [0.717, 1.165) is 41.4 Å². The number of ether oxygens (including phenoxy) is 2. The zero-order chi connectivity index (χ0) is 31.3. The van der Waals surface area contributed by atoms with Gasteiger partial charge in [-0.25, -0.2) is 19.6 Å². The summed E-state index contributed by atoms with van der Waals surface area (Å²) < 4.78 is 11.3. The smallest absolute Gasteiger partial charge is 0.410 e. The molecule has 236 valence electrons. The molecule has 1 aromatic heterocycles. The molecule has 0 bridgehead atoms. The van der Waals surface area contributed by atoms with E-state index in [1.807, 2.05) is 51.1 Å². The lowest BCUT2D eigenvalue weighted by Crippen LogP contribution is -2.56. The van der Waals surface area contributed by atoms with Gasteiger partial charge in [-0.05, 0) is 59.2 Å². The van der Waals surface area contributed by atoms with Crippen molar-refractivity contribution in [2.24, 2.45) is 0 Å². The van der Waals surface area contributed by atoms with Crippen LogP contribution in [0.3, 0.4) is 0 Å². The van der Waals surface area contributed by atoms with Gasteiger partial charge in [0.1, 0.15) is 18.0 Å². The van der Waals surface area contributed by atoms with Crippen LogP contribution in [0.15, 0.2) is 35.5 Å². The minimum Gasteiger partial charge on any atom is -0.445 e. The maximum Gasteiger partial charge on any atom is 0.410 e. The van der Waals surface area contributed by atoms with Gasteiger partial charge in [-0.15, -0.1) is 0 Å². The summed E-state index contributed by atoms with van der Waals surface area (Å²) in [5.74, 6) is 1.73. The lowest BCUT2D eigenvalue weighted by Gasteiger charge is -2.41. The summed E-state index contributed by atoms with van der Waals surface area (Å²) in [5.41, 5.74) is 2.18. The number of fused-ring (bicyclic) bond motifs is 1. The van der Waals surface area contributed by atoms with Crippen molar-refractivity contribution in [3.05, 3.63) is 47.2 Å². The first kappa shape index (κ1) is 31.9. The van der Waals surface area contributed by atoms with E-state index in [-0.39, 0.29) is 25.2 Å². The Bertz CT molecular complexity index is 1360. The largest absolute Gasteiger partial charge is 0.445 e. The van der Waals surface area contributed by atoms with Gasteiger partial charge in [0.2, 0.25) is 0 Å². The Morgan fingerprint density at radius 1 is 1.07 bits per heavy atom. The number of carbonyl (C=O) groups excluding carboxylic acids is 2. The standard InChI is InChI=1S/C32H43N7O4S/c1-32(2,3)43-30(40)38-16-13-26-27(20-38)34-29(44-22-25-11-8-15-36(25)4)35-28(26)37-17-18-39(24(19-37)12-14-33)31(41)42-21-23-9-6-5-7-10-23/h5-7,9-10,24-25H,8,11-13,15-22H2,1-4H3. The third-order valence-corrected chi connectivity index (χ3v) is 9.29. The van der Waals surface area contributed by atoms with Crippen molar-refractivity contribution in [1.29, 1.82) is 5.26 Å². The predicted molar refractivity (Wildman–Crippen MR) is 168 cm³/mol. The van der Waals surface area contributed by atoms with Crippen molar-refractivity contribution < 1.29 is 19.1 Å². The summed E-state index contributed by atoms with van der Waals surface area (Å²) in [6.07, 6.45) is 2.38. The lowest BCUT2D eigenvalue weighted by atomic mass is 10.0. The number of hydrogen-bond acceptors (Lipinski definition) is 10. The van der Waals surface area contributed by atoms with Crippen molar-refractivity contribution in [3.8, 4) is 6.07 Å². The predicted octanol–water partition coefficient (Wildman–Crippen LogP) is 4.70. The second kappa shape index (κ2) is 14.0. The SMILES string of the molecule is CN1CCCC1CSc1nc2c(c(N3CCN(C(=O)OCc4ccccc4)C(CC#N)C3)n1)CCN(C(=O)OC(C)(C)C)C2. The number of rotatable bonds is 7. The number of piperazine rings is 1. The molecule has 2 saturated heterocycles. The molecule has 44 heavy (non-hydrogen) atoms. The van der Waals surface area contributed by atoms with Crippen LogP contribution in [-0.4, -0.2) is 100 Å². The van der Waals surface area contributed by atoms with Gasteiger partial charge >= 0.3 is 12.2 Å².